The molecule has 0 saturated heterocycles. The Labute approximate surface area is 231 Å². The third-order valence-corrected chi connectivity index (χ3v) is 8.49. The topological polar surface area (TPSA) is 183 Å². The minimum atomic E-state index is -0.997. The zero-order valence-corrected chi connectivity index (χ0v) is 22.6. The maximum Gasteiger partial charge on any atom is 0.231 e. The highest BCUT2D eigenvalue weighted by Crippen LogP contribution is 2.58. The van der Waals surface area contributed by atoms with E-state index in [1.807, 2.05) is 6.07 Å². The van der Waals surface area contributed by atoms with Crippen molar-refractivity contribution in [3.8, 4) is 6.07 Å². The van der Waals surface area contributed by atoms with E-state index >= 15 is 0 Å². The lowest BCUT2D eigenvalue weighted by Gasteiger charge is -2.60. The second-order valence-corrected chi connectivity index (χ2v) is 12.5. The van der Waals surface area contributed by atoms with Gasteiger partial charge in [-0.3, -0.25) is 9.59 Å². The molecule has 7 rings (SSSR count). The van der Waals surface area contributed by atoms with Crippen LogP contribution in [0.2, 0.25) is 0 Å². The maximum absolute atomic E-state index is 12.8. The van der Waals surface area contributed by atoms with E-state index in [0.29, 0.717) is 47.0 Å². The molecule has 3 heterocycles. The minimum absolute atomic E-state index is 0.0942. The highest BCUT2D eigenvalue weighted by Gasteiger charge is 2.57. The fourth-order valence-electron chi connectivity index (χ4n) is 7.34. The van der Waals surface area contributed by atoms with Gasteiger partial charge < -0.3 is 26.8 Å². The molecule has 12 heteroatoms. The minimum Gasteiger partial charge on any atom is -0.390 e. The summed E-state index contributed by atoms with van der Waals surface area (Å²) in [6.07, 6.45) is 6.93. The monoisotopic (exact) mass is 543 g/mol. The van der Waals surface area contributed by atoms with Gasteiger partial charge in [0.05, 0.1) is 22.9 Å². The molecule has 4 fully saturated rings. The predicted molar refractivity (Wildman–Crippen MR) is 147 cm³/mol. The number of pyridine rings is 1. The molecule has 2 atom stereocenters. The van der Waals surface area contributed by atoms with Crippen molar-refractivity contribution in [2.75, 3.05) is 16.0 Å². The number of nitrogens with one attached hydrogen (secondary N) is 3. The number of carbonyl (C=O) groups excluding carboxylic acids is 2. The lowest BCUT2D eigenvalue weighted by atomic mass is 9.51. The lowest BCUT2D eigenvalue weighted by Crippen LogP contribution is -2.62. The third-order valence-electron chi connectivity index (χ3n) is 8.49. The average Bonchev–Trinajstić information content (AvgIpc) is 3.25. The van der Waals surface area contributed by atoms with Crippen LogP contribution >= 0.6 is 0 Å². The molecule has 4 bridgehead atoms. The van der Waals surface area contributed by atoms with Gasteiger partial charge in [0.25, 0.3) is 0 Å². The van der Waals surface area contributed by atoms with Gasteiger partial charge in [0.2, 0.25) is 11.8 Å². The molecular formula is C28H33N9O3. The van der Waals surface area contributed by atoms with Crippen molar-refractivity contribution in [1.29, 1.82) is 5.26 Å². The number of fused-ring (bicyclic) bond motifs is 1. The molecule has 3 aromatic rings. The van der Waals surface area contributed by atoms with Crippen LogP contribution in [0.4, 0.5) is 23.1 Å². The van der Waals surface area contributed by atoms with E-state index in [1.54, 1.807) is 32.0 Å². The number of anilines is 4. The van der Waals surface area contributed by atoms with Gasteiger partial charge in [0.15, 0.2) is 11.3 Å². The first-order valence-corrected chi connectivity index (χ1v) is 13.6. The molecule has 6 N–H and O–H groups in total. The molecule has 4 aliphatic rings. The molecule has 2 unspecified atom stereocenters. The van der Waals surface area contributed by atoms with Crippen LogP contribution < -0.4 is 21.7 Å². The van der Waals surface area contributed by atoms with Crippen molar-refractivity contribution in [2.45, 2.75) is 69.9 Å². The molecule has 0 aromatic carbocycles. The molecule has 4 aliphatic carbocycles. The molecular weight excluding hydrogens is 510 g/mol. The van der Waals surface area contributed by atoms with Crippen LogP contribution in [0.5, 0.6) is 0 Å². The number of primary amides is 1. The first-order chi connectivity index (χ1) is 18.9. The molecule has 40 heavy (non-hydrogen) atoms. The number of aliphatic hydroxyl groups is 1. The number of amides is 2. The number of hydrogen-bond donors (Lipinski definition) is 5. The molecule has 0 aliphatic heterocycles. The number of nitrogens with two attached hydrogens (primary N) is 1. The van der Waals surface area contributed by atoms with Crippen molar-refractivity contribution in [3.05, 3.63) is 36.2 Å². The molecule has 0 radical (unpaired) electrons. The average molecular weight is 544 g/mol. The molecule has 0 spiro atoms. The first kappa shape index (κ1) is 26.0. The largest absolute Gasteiger partial charge is 0.390 e. The van der Waals surface area contributed by atoms with E-state index in [9.17, 15) is 20.0 Å². The standard InChI is InChI=1S/C28H33N9O3/c1-26(2,12-20(30)38)25(39)34-22-5-3-4-21(33-22)32-19-7-23(36-37-18(13-29)14-31-24(19)37)35-27-8-16-6-17(9-27)11-28(40,10-16)15-27/h3-5,7,14,16-17,40H,6,8-12,15H2,1-2H3,(H2,30,38)(H,35,36)(H2,32,33,34,39). The molecule has 12 nitrogen and oxygen atoms in total. The summed E-state index contributed by atoms with van der Waals surface area (Å²) in [6, 6.07) is 9.12. The number of aromatic nitrogens is 4. The van der Waals surface area contributed by atoms with Gasteiger partial charge in [0.1, 0.15) is 23.5 Å². The Hall–Kier alpha value is -4.24. The van der Waals surface area contributed by atoms with Crippen molar-refractivity contribution in [2.24, 2.45) is 23.0 Å². The Kier molecular flexibility index (Phi) is 5.96. The summed E-state index contributed by atoms with van der Waals surface area (Å²) in [6.45, 7) is 3.29. The fourth-order valence-corrected chi connectivity index (χ4v) is 7.34. The maximum atomic E-state index is 12.8. The molecule has 3 aromatic heterocycles. The van der Waals surface area contributed by atoms with Crippen LogP contribution in [-0.2, 0) is 9.59 Å². The summed E-state index contributed by atoms with van der Waals surface area (Å²) in [5.74, 6) is 1.38. The van der Waals surface area contributed by atoms with Crippen LogP contribution in [0.25, 0.3) is 5.65 Å². The Balaban J connectivity index is 1.29. The summed E-state index contributed by atoms with van der Waals surface area (Å²) >= 11 is 0. The van der Waals surface area contributed by atoms with Gasteiger partial charge >= 0.3 is 0 Å². The van der Waals surface area contributed by atoms with Gasteiger partial charge in [-0.1, -0.05) is 19.9 Å². The Bertz CT molecular complexity index is 1540. The highest BCUT2D eigenvalue weighted by molar-refractivity contribution is 5.96. The Morgan fingerprint density at radius 2 is 1.93 bits per heavy atom. The van der Waals surface area contributed by atoms with Crippen molar-refractivity contribution in [3.63, 3.8) is 0 Å². The Morgan fingerprint density at radius 1 is 1.20 bits per heavy atom. The second-order valence-electron chi connectivity index (χ2n) is 12.5. The normalized spacial score (nSPS) is 26.9. The van der Waals surface area contributed by atoms with Gasteiger partial charge in [-0.2, -0.15) is 9.78 Å². The van der Waals surface area contributed by atoms with E-state index < -0.39 is 16.9 Å². The van der Waals surface area contributed by atoms with E-state index in [0.717, 1.165) is 25.7 Å². The van der Waals surface area contributed by atoms with Gasteiger partial charge in [0, 0.05) is 18.0 Å². The smallest absolute Gasteiger partial charge is 0.231 e. The number of nitriles is 1. The summed E-state index contributed by atoms with van der Waals surface area (Å²) in [5.41, 5.74) is 4.74. The highest BCUT2D eigenvalue weighted by atomic mass is 16.3. The van der Waals surface area contributed by atoms with Crippen molar-refractivity contribution in [1.82, 2.24) is 19.6 Å². The molecule has 4 saturated carbocycles. The van der Waals surface area contributed by atoms with Crippen LogP contribution in [0.1, 0.15) is 64.5 Å². The number of rotatable bonds is 8. The van der Waals surface area contributed by atoms with E-state index in [2.05, 4.69) is 32.0 Å². The van der Waals surface area contributed by atoms with Crippen LogP contribution in [-0.4, -0.2) is 47.6 Å². The summed E-state index contributed by atoms with van der Waals surface area (Å²) in [5, 5.41) is 35.2. The van der Waals surface area contributed by atoms with Gasteiger partial charge in [-0.15, -0.1) is 5.10 Å². The lowest BCUT2D eigenvalue weighted by molar-refractivity contribution is -0.129. The number of carbonyl (C=O) groups is 2. The van der Waals surface area contributed by atoms with E-state index in [1.165, 1.54) is 17.1 Å². The summed E-state index contributed by atoms with van der Waals surface area (Å²) in [7, 11) is 0. The zero-order valence-electron chi connectivity index (χ0n) is 22.6. The third kappa shape index (κ3) is 4.81. The first-order valence-electron chi connectivity index (χ1n) is 13.6. The summed E-state index contributed by atoms with van der Waals surface area (Å²) < 4.78 is 1.50. The quantitative estimate of drug-likeness (QED) is 0.285. The van der Waals surface area contributed by atoms with E-state index in [4.69, 9.17) is 10.8 Å². The van der Waals surface area contributed by atoms with Gasteiger partial charge in [-0.05, 0) is 62.5 Å². The van der Waals surface area contributed by atoms with Crippen LogP contribution in [0.3, 0.4) is 0 Å². The summed E-state index contributed by atoms with van der Waals surface area (Å²) in [4.78, 5) is 33.1. The van der Waals surface area contributed by atoms with Gasteiger partial charge in [-0.25, -0.2) is 9.97 Å². The molecule has 2 amide bonds. The number of hydrogen-bond acceptors (Lipinski definition) is 9. The number of imidazole rings is 1. The SMILES string of the molecule is CC(C)(CC(N)=O)C(=O)Nc1cccc(Nc2cc(NC34CC5CC(CC(O)(C5)C3)C4)nn3c(C#N)cnc23)n1. The van der Waals surface area contributed by atoms with Crippen molar-refractivity contribution >= 4 is 40.6 Å². The van der Waals surface area contributed by atoms with E-state index in [-0.39, 0.29) is 23.6 Å². The molecule has 208 valence electrons. The van der Waals surface area contributed by atoms with Crippen LogP contribution in [0.15, 0.2) is 30.5 Å². The number of nitrogens with zero attached hydrogens (tertiary/aromatic N) is 5. The fraction of sp³-hybridized carbons (Fsp3) is 0.500. The van der Waals surface area contributed by atoms with Crippen molar-refractivity contribution < 1.29 is 14.7 Å². The predicted octanol–water partition coefficient (Wildman–Crippen LogP) is 3.08. The zero-order chi connectivity index (χ0) is 28.3. The Morgan fingerprint density at radius 3 is 2.60 bits per heavy atom. The van der Waals surface area contributed by atoms with Crippen LogP contribution in [0, 0.1) is 28.6 Å². The second kappa shape index (κ2) is 9.16.